The van der Waals surface area contributed by atoms with Crippen molar-refractivity contribution >= 4 is 5.91 Å². The van der Waals surface area contributed by atoms with Gasteiger partial charge in [0.25, 0.3) is 0 Å². The number of carbonyl (C=O) groups excluding carboxylic acids is 1. The topological polar surface area (TPSA) is 88.2 Å². The van der Waals surface area contributed by atoms with Crippen molar-refractivity contribution in [2.75, 3.05) is 13.2 Å². The van der Waals surface area contributed by atoms with Gasteiger partial charge in [0.1, 0.15) is 6.04 Å². The second-order valence-corrected chi connectivity index (χ2v) is 3.15. The lowest BCUT2D eigenvalue weighted by atomic mass is 10.2. The summed E-state index contributed by atoms with van der Waals surface area (Å²) in [7, 11) is 0. The first-order valence-corrected chi connectivity index (χ1v) is 4.78. The van der Waals surface area contributed by atoms with Gasteiger partial charge in [-0.1, -0.05) is 6.07 Å². The number of nitrogens with one attached hydrogen (secondary N) is 1. The van der Waals surface area contributed by atoms with Crippen LogP contribution in [0.15, 0.2) is 24.4 Å². The highest BCUT2D eigenvalue weighted by molar-refractivity contribution is 5.81. The molecule has 1 unspecified atom stereocenters. The number of carbonyl (C=O) groups is 1. The average molecular weight is 209 g/mol. The summed E-state index contributed by atoms with van der Waals surface area (Å²) in [4.78, 5) is 15.3. The fraction of sp³-hybridized carbons (Fsp3) is 0.400. The molecule has 1 heterocycles. The third-order valence-electron chi connectivity index (χ3n) is 1.94. The summed E-state index contributed by atoms with van der Waals surface area (Å²) in [6, 6.07) is 4.78. The standard InChI is InChI=1S/C10H15N3O2/c11-9(7-14)10(15)13-6-4-8-3-1-2-5-12-8/h1-3,5,9,14H,4,6-7,11H2,(H,13,15). The Morgan fingerprint density at radius 3 is 3.00 bits per heavy atom. The van der Waals surface area contributed by atoms with E-state index in [4.69, 9.17) is 10.8 Å². The third-order valence-corrected chi connectivity index (χ3v) is 1.94. The Hall–Kier alpha value is -1.46. The van der Waals surface area contributed by atoms with E-state index in [9.17, 15) is 4.79 Å². The maximum absolute atomic E-state index is 11.1. The van der Waals surface area contributed by atoms with Crippen molar-refractivity contribution in [3.63, 3.8) is 0 Å². The number of pyridine rings is 1. The molecule has 0 saturated heterocycles. The van der Waals surface area contributed by atoms with Crippen LogP contribution < -0.4 is 11.1 Å². The van der Waals surface area contributed by atoms with Gasteiger partial charge >= 0.3 is 0 Å². The van der Waals surface area contributed by atoms with Gasteiger partial charge in [-0.3, -0.25) is 9.78 Å². The van der Waals surface area contributed by atoms with Crippen molar-refractivity contribution in [1.29, 1.82) is 0 Å². The summed E-state index contributed by atoms with van der Waals surface area (Å²) >= 11 is 0. The van der Waals surface area contributed by atoms with E-state index in [-0.39, 0.29) is 12.5 Å². The van der Waals surface area contributed by atoms with Crippen LogP contribution >= 0.6 is 0 Å². The fourth-order valence-electron chi connectivity index (χ4n) is 1.07. The van der Waals surface area contributed by atoms with Crippen LogP contribution in [0, 0.1) is 0 Å². The number of amides is 1. The molecule has 0 aliphatic heterocycles. The van der Waals surface area contributed by atoms with E-state index in [2.05, 4.69) is 10.3 Å². The molecule has 1 aromatic rings. The molecule has 0 aliphatic carbocycles. The van der Waals surface area contributed by atoms with Crippen LogP contribution in [0.1, 0.15) is 5.69 Å². The van der Waals surface area contributed by atoms with Gasteiger partial charge in [-0.15, -0.1) is 0 Å². The Kier molecular flexibility index (Phi) is 4.73. The number of rotatable bonds is 5. The summed E-state index contributed by atoms with van der Waals surface area (Å²) < 4.78 is 0. The smallest absolute Gasteiger partial charge is 0.239 e. The monoisotopic (exact) mass is 209 g/mol. The molecule has 5 heteroatoms. The van der Waals surface area contributed by atoms with Gasteiger partial charge in [0.15, 0.2) is 0 Å². The van der Waals surface area contributed by atoms with E-state index in [1.807, 2.05) is 18.2 Å². The number of nitrogens with two attached hydrogens (primary N) is 1. The quantitative estimate of drug-likeness (QED) is 0.584. The molecule has 82 valence electrons. The lowest BCUT2D eigenvalue weighted by Gasteiger charge is -2.08. The van der Waals surface area contributed by atoms with E-state index in [1.54, 1.807) is 6.20 Å². The van der Waals surface area contributed by atoms with Crippen LogP contribution in [0.3, 0.4) is 0 Å². The molecule has 15 heavy (non-hydrogen) atoms. The first-order valence-electron chi connectivity index (χ1n) is 4.78. The lowest BCUT2D eigenvalue weighted by Crippen LogP contribution is -2.43. The second kappa shape index (κ2) is 6.10. The molecular weight excluding hydrogens is 194 g/mol. The maximum Gasteiger partial charge on any atom is 0.239 e. The molecule has 0 saturated carbocycles. The summed E-state index contributed by atoms with van der Waals surface area (Å²) in [5.41, 5.74) is 6.23. The van der Waals surface area contributed by atoms with Gasteiger partial charge in [-0.2, -0.15) is 0 Å². The van der Waals surface area contributed by atoms with Gasteiger partial charge in [-0.25, -0.2) is 0 Å². The van der Waals surface area contributed by atoms with E-state index in [0.717, 1.165) is 5.69 Å². The summed E-state index contributed by atoms with van der Waals surface area (Å²) in [5.74, 6) is -0.339. The normalized spacial score (nSPS) is 12.1. The van der Waals surface area contributed by atoms with Gasteiger partial charge in [0.05, 0.1) is 6.61 Å². The van der Waals surface area contributed by atoms with Crippen molar-refractivity contribution < 1.29 is 9.90 Å². The van der Waals surface area contributed by atoms with E-state index in [0.29, 0.717) is 13.0 Å². The van der Waals surface area contributed by atoms with Crippen LogP contribution in [-0.2, 0) is 11.2 Å². The first-order chi connectivity index (χ1) is 7.24. The summed E-state index contributed by atoms with van der Waals surface area (Å²) in [5, 5.41) is 11.2. The van der Waals surface area contributed by atoms with Crippen LogP contribution in [0.25, 0.3) is 0 Å². The minimum Gasteiger partial charge on any atom is -0.394 e. The molecule has 1 amide bonds. The van der Waals surface area contributed by atoms with Crippen molar-refractivity contribution in [1.82, 2.24) is 10.3 Å². The minimum atomic E-state index is -0.839. The molecule has 5 nitrogen and oxygen atoms in total. The predicted octanol–water partition coefficient (Wildman–Crippen LogP) is -0.940. The highest BCUT2D eigenvalue weighted by Gasteiger charge is 2.10. The average Bonchev–Trinajstić information content (AvgIpc) is 2.29. The van der Waals surface area contributed by atoms with E-state index < -0.39 is 6.04 Å². The largest absolute Gasteiger partial charge is 0.394 e. The number of hydrogen-bond acceptors (Lipinski definition) is 4. The van der Waals surface area contributed by atoms with Crippen molar-refractivity contribution in [2.45, 2.75) is 12.5 Å². The molecular formula is C10H15N3O2. The number of hydrogen-bond donors (Lipinski definition) is 3. The van der Waals surface area contributed by atoms with Crippen molar-refractivity contribution in [2.24, 2.45) is 5.73 Å². The Morgan fingerprint density at radius 1 is 1.60 bits per heavy atom. The van der Waals surface area contributed by atoms with Crippen molar-refractivity contribution in [3.05, 3.63) is 30.1 Å². The SMILES string of the molecule is NC(CO)C(=O)NCCc1ccccn1. The van der Waals surface area contributed by atoms with Crippen molar-refractivity contribution in [3.8, 4) is 0 Å². The Balaban J connectivity index is 2.25. The third kappa shape index (κ3) is 4.05. The zero-order valence-electron chi connectivity index (χ0n) is 8.39. The maximum atomic E-state index is 11.1. The number of nitrogens with zero attached hydrogens (tertiary/aromatic N) is 1. The number of aromatic nitrogens is 1. The molecule has 0 bridgehead atoms. The predicted molar refractivity (Wildman–Crippen MR) is 56.0 cm³/mol. The van der Waals surface area contributed by atoms with Crippen LogP contribution in [0.5, 0.6) is 0 Å². The minimum absolute atomic E-state index is 0.338. The van der Waals surface area contributed by atoms with E-state index >= 15 is 0 Å². The second-order valence-electron chi connectivity index (χ2n) is 3.15. The molecule has 1 atom stereocenters. The Morgan fingerprint density at radius 2 is 2.40 bits per heavy atom. The molecule has 0 spiro atoms. The molecule has 4 N–H and O–H groups in total. The van der Waals surface area contributed by atoms with Crippen LogP contribution in [0.2, 0.25) is 0 Å². The summed E-state index contributed by atoms with van der Waals surface area (Å²) in [6.45, 7) is 0.138. The van der Waals surface area contributed by atoms with Crippen LogP contribution in [0.4, 0.5) is 0 Å². The summed E-state index contributed by atoms with van der Waals surface area (Å²) in [6.07, 6.45) is 2.36. The molecule has 0 aliphatic rings. The van der Waals surface area contributed by atoms with Gasteiger partial charge in [-0.05, 0) is 12.1 Å². The van der Waals surface area contributed by atoms with Gasteiger partial charge < -0.3 is 16.2 Å². The van der Waals surface area contributed by atoms with Gasteiger partial charge in [0.2, 0.25) is 5.91 Å². The van der Waals surface area contributed by atoms with E-state index in [1.165, 1.54) is 0 Å². The Labute approximate surface area is 88.3 Å². The zero-order chi connectivity index (χ0) is 11.1. The highest BCUT2D eigenvalue weighted by Crippen LogP contribution is 1.93. The molecule has 0 fully saturated rings. The molecule has 0 radical (unpaired) electrons. The molecule has 1 aromatic heterocycles. The fourth-order valence-corrected chi connectivity index (χ4v) is 1.07. The van der Waals surface area contributed by atoms with Gasteiger partial charge in [0, 0.05) is 24.9 Å². The first kappa shape index (κ1) is 11.6. The lowest BCUT2D eigenvalue weighted by molar-refractivity contribution is -0.123. The molecule has 0 aromatic carbocycles. The zero-order valence-corrected chi connectivity index (χ0v) is 8.39. The highest BCUT2D eigenvalue weighted by atomic mass is 16.3. The number of aliphatic hydroxyl groups excluding tert-OH is 1. The Bertz CT molecular complexity index is 303. The molecule has 1 rings (SSSR count). The van der Waals surface area contributed by atoms with Crippen LogP contribution in [-0.4, -0.2) is 35.2 Å². The number of aliphatic hydroxyl groups is 1.